The average Bonchev–Trinajstić information content (AvgIpc) is 2.90. The number of para-hydroxylation sites is 1. The molecule has 2 aromatic rings. The fourth-order valence-corrected chi connectivity index (χ4v) is 1.56. The van der Waals surface area contributed by atoms with Crippen molar-refractivity contribution in [2.45, 2.75) is 25.9 Å². The molecule has 5 heteroatoms. The summed E-state index contributed by atoms with van der Waals surface area (Å²) in [6, 6.07) is 10.0. The summed E-state index contributed by atoms with van der Waals surface area (Å²) < 4.78 is 10.5. The highest BCUT2D eigenvalue weighted by molar-refractivity contribution is 5.42. The van der Waals surface area contributed by atoms with E-state index in [1.807, 2.05) is 44.2 Å². The van der Waals surface area contributed by atoms with E-state index in [0.717, 1.165) is 12.2 Å². The molecule has 5 nitrogen and oxygen atoms in total. The Labute approximate surface area is 113 Å². The van der Waals surface area contributed by atoms with Crippen molar-refractivity contribution in [1.82, 2.24) is 10.1 Å². The number of ether oxygens (including phenoxy) is 1. The normalized spacial score (nSPS) is 11.5. The standard InChI is InChI=1S/C14H19N3O2/c1-14(2,18-3)13-16-12(19-17-13)9-10-15-11-7-5-4-6-8-11/h4-8,15H,9-10H2,1-3H3. The number of aromatic nitrogens is 2. The zero-order valence-electron chi connectivity index (χ0n) is 11.5. The maximum absolute atomic E-state index is 5.31. The van der Waals surface area contributed by atoms with E-state index in [-0.39, 0.29) is 0 Å². The zero-order valence-corrected chi connectivity index (χ0v) is 11.5. The smallest absolute Gasteiger partial charge is 0.228 e. The Morgan fingerprint density at radius 2 is 2.00 bits per heavy atom. The van der Waals surface area contributed by atoms with Crippen LogP contribution in [0.2, 0.25) is 0 Å². The molecule has 0 aliphatic rings. The van der Waals surface area contributed by atoms with Crippen LogP contribution in [-0.2, 0) is 16.8 Å². The Hall–Kier alpha value is -1.88. The van der Waals surface area contributed by atoms with E-state index in [1.165, 1.54) is 0 Å². The summed E-state index contributed by atoms with van der Waals surface area (Å²) in [4.78, 5) is 4.34. The summed E-state index contributed by atoms with van der Waals surface area (Å²) in [6.45, 7) is 4.56. The second kappa shape index (κ2) is 5.84. The van der Waals surface area contributed by atoms with Gasteiger partial charge in [0.1, 0.15) is 5.60 Å². The van der Waals surface area contributed by atoms with Crippen molar-refractivity contribution in [2.75, 3.05) is 19.0 Å². The monoisotopic (exact) mass is 261 g/mol. The van der Waals surface area contributed by atoms with Gasteiger partial charge in [-0.3, -0.25) is 0 Å². The molecule has 0 atom stereocenters. The quantitative estimate of drug-likeness (QED) is 0.866. The molecule has 0 saturated heterocycles. The summed E-state index contributed by atoms with van der Waals surface area (Å²) in [5.74, 6) is 1.19. The number of anilines is 1. The lowest BCUT2D eigenvalue weighted by atomic mass is 10.1. The SMILES string of the molecule is COC(C)(C)c1noc(CCNc2ccccc2)n1. The van der Waals surface area contributed by atoms with Crippen LogP contribution in [0.25, 0.3) is 0 Å². The van der Waals surface area contributed by atoms with Crippen LogP contribution in [0.4, 0.5) is 5.69 Å². The summed E-state index contributed by atoms with van der Waals surface area (Å²) in [5, 5.41) is 7.24. The van der Waals surface area contributed by atoms with Gasteiger partial charge in [-0.25, -0.2) is 0 Å². The van der Waals surface area contributed by atoms with Gasteiger partial charge >= 0.3 is 0 Å². The lowest BCUT2D eigenvalue weighted by Gasteiger charge is -2.17. The summed E-state index contributed by atoms with van der Waals surface area (Å²) in [5.41, 5.74) is 0.564. The Bertz CT molecular complexity index is 508. The lowest BCUT2D eigenvalue weighted by molar-refractivity contribution is 0.00973. The number of nitrogens with one attached hydrogen (secondary N) is 1. The predicted octanol–water partition coefficient (Wildman–Crippen LogP) is 2.61. The Morgan fingerprint density at radius 3 is 2.68 bits per heavy atom. The third-order valence-electron chi connectivity index (χ3n) is 2.96. The maximum Gasteiger partial charge on any atom is 0.228 e. The molecule has 0 fully saturated rings. The molecule has 0 bridgehead atoms. The van der Waals surface area contributed by atoms with E-state index in [0.29, 0.717) is 18.1 Å². The molecule has 1 N–H and O–H groups in total. The first-order chi connectivity index (χ1) is 9.12. The molecule has 0 unspecified atom stereocenters. The van der Waals surface area contributed by atoms with Crippen molar-refractivity contribution in [3.05, 3.63) is 42.0 Å². The van der Waals surface area contributed by atoms with Crippen molar-refractivity contribution in [3.63, 3.8) is 0 Å². The van der Waals surface area contributed by atoms with Crippen molar-refractivity contribution in [2.24, 2.45) is 0 Å². The first-order valence-electron chi connectivity index (χ1n) is 6.29. The first-order valence-corrected chi connectivity index (χ1v) is 6.29. The summed E-state index contributed by atoms with van der Waals surface area (Å²) >= 11 is 0. The molecular formula is C14H19N3O2. The fourth-order valence-electron chi connectivity index (χ4n) is 1.56. The van der Waals surface area contributed by atoms with Gasteiger partial charge in [0.15, 0.2) is 0 Å². The minimum absolute atomic E-state index is 0.519. The average molecular weight is 261 g/mol. The Morgan fingerprint density at radius 1 is 1.26 bits per heavy atom. The molecule has 0 saturated carbocycles. The van der Waals surface area contributed by atoms with E-state index in [4.69, 9.17) is 9.26 Å². The van der Waals surface area contributed by atoms with Crippen LogP contribution in [0, 0.1) is 0 Å². The Balaban J connectivity index is 1.87. The number of nitrogens with zero attached hydrogens (tertiary/aromatic N) is 2. The molecule has 1 aromatic carbocycles. The molecule has 1 aromatic heterocycles. The molecule has 2 rings (SSSR count). The minimum atomic E-state index is -0.519. The van der Waals surface area contributed by atoms with Crippen LogP contribution in [0.3, 0.4) is 0 Å². The van der Waals surface area contributed by atoms with Crippen LogP contribution in [0.15, 0.2) is 34.9 Å². The second-order valence-corrected chi connectivity index (χ2v) is 4.77. The summed E-state index contributed by atoms with van der Waals surface area (Å²) in [6.07, 6.45) is 0.682. The fraction of sp³-hybridized carbons (Fsp3) is 0.429. The van der Waals surface area contributed by atoms with Crippen LogP contribution in [0.1, 0.15) is 25.6 Å². The van der Waals surface area contributed by atoms with Crippen molar-refractivity contribution in [1.29, 1.82) is 0 Å². The molecule has 0 aliphatic carbocycles. The van der Waals surface area contributed by atoms with Gasteiger partial charge in [-0.05, 0) is 26.0 Å². The topological polar surface area (TPSA) is 60.2 Å². The van der Waals surface area contributed by atoms with Gasteiger partial charge < -0.3 is 14.6 Å². The lowest BCUT2D eigenvalue weighted by Crippen LogP contribution is -2.21. The minimum Gasteiger partial charge on any atom is -0.385 e. The molecule has 0 radical (unpaired) electrons. The van der Waals surface area contributed by atoms with Crippen molar-refractivity contribution in [3.8, 4) is 0 Å². The van der Waals surface area contributed by atoms with E-state index in [1.54, 1.807) is 7.11 Å². The van der Waals surface area contributed by atoms with Gasteiger partial charge in [-0.2, -0.15) is 4.98 Å². The summed E-state index contributed by atoms with van der Waals surface area (Å²) in [7, 11) is 1.63. The van der Waals surface area contributed by atoms with Crippen molar-refractivity contribution < 1.29 is 9.26 Å². The van der Waals surface area contributed by atoms with E-state index >= 15 is 0 Å². The zero-order chi connectivity index (χ0) is 13.7. The maximum atomic E-state index is 5.31. The first kappa shape index (κ1) is 13.5. The molecule has 19 heavy (non-hydrogen) atoms. The largest absolute Gasteiger partial charge is 0.385 e. The molecule has 0 spiro atoms. The highest BCUT2D eigenvalue weighted by atomic mass is 16.5. The number of methoxy groups -OCH3 is 1. The molecule has 102 valence electrons. The van der Waals surface area contributed by atoms with Gasteiger partial charge in [0.25, 0.3) is 0 Å². The second-order valence-electron chi connectivity index (χ2n) is 4.77. The van der Waals surface area contributed by atoms with Gasteiger partial charge in [-0.1, -0.05) is 23.4 Å². The number of hydrogen-bond acceptors (Lipinski definition) is 5. The van der Waals surface area contributed by atoms with Crippen LogP contribution in [-0.4, -0.2) is 23.8 Å². The molecule has 0 aliphatic heterocycles. The third-order valence-corrected chi connectivity index (χ3v) is 2.96. The van der Waals surface area contributed by atoms with Crippen LogP contribution in [0.5, 0.6) is 0 Å². The number of hydrogen-bond donors (Lipinski definition) is 1. The van der Waals surface area contributed by atoms with E-state index < -0.39 is 5.60 Å². The van der Waals surface area contributed by atoms with Gasteiger partial charge in [0.05, 0.1) is 0 Å². The number of benzene rings is 1. The molecule has 0 amide bonds. The molecule has 1 heterocycles. The van der Waals surface area contributed by atoms with E-state index in [9.17, 15) is 0 Å². The highest BCUT2D eigenvalue weighted by Gasteiger charge is 2.25. The third kappa shape index (κ3) is 3.54. The van der Waals surface area contributed by atoms with Crippen LogP contribution >= 0.6 is 0 Å². The van der Waals surface area contributed by atoms with Gasteiger partial charge in [0.2, 0.25) is 11.7 Å². The highest BCUT2D eigenvalue weighted by Crippen LogP contribution is 2.20. The van der Waals surface area contributed by atoms with Crippen molar-refractivity contribution >= 4 is 5.69 Å². The van der Waals surface area contributed by atoms with Gasteiger partial charge in [-0.15, -0.1) is 0 Å². The van der Waals surface area contributed by atoms with Gasteiger partial charge in [0, 0.05) is 25.8 Å². The number of rotatable bonds is 6. The van der Waals surface area contributed by atoms with Crippen LogP contribution < -0.4 is 5.32 Å². The predicted molar refractivity (Wildman–Crippen MR) is 73.0 cm³/mol. The Kier molecular flexibility index (Phi) is 4.16. The van der Waals surface area contributed by atoms with E-state index in [2.05, 4.69) is 15.5 Å². The molecular weight excluding hydrogens is 242 g/mol.